The lowest BCUT2D eigenvalue weighted by Gasteiger charge is -2.25. The molecule has 134 valence electrons. The number of carbonyl (C=O) groups excluding carboxylic acids is 1. The van der Waals surface area contributed by atoms with Gasteiger partial charge in [0.05, 0.1) is 24.6 Å². The highest BCUT2D eigenvalue weighted by Gasteiger charge is 2.17. The third-order valence-corrected chi connectivity index (χ3v) is 4.86. The number of nitrogens with zero attached hydrogens (tertiary/aromatic N) is 3. The van der Waals surface area contributed by atoms with Crippen molar-refractivity contribution in [1.29, 1.82) is 0 Å². The Hall–Kier alpha value is -2.73. The molecule has 4 rings (SSSR count). The third-order valence-electron chi connectivity index (χ3n) is 4.86. The van der Waals surface area contributed by atoms with Crippen LogP contribution in [0, 0.1) is 0 Å². The summed E-state index contributed by atoms with van der Waals surface area (Å²) >= 11 is 0. The van der Waals surface area contributed by atoms with Crippen LogP contribution in [0.15, 0.2) is 42.7 Å². The maximum absolute atomic E-state index is 11.7. The van der Waals surface area contributed by atoms with Gasteiger partial charge in [0.1, 0.15) is 0 Å². The maximum Gasteiger partial charge on any atom is 0.251 e. The molecular weight excluding hydrogens is 328 g/mol. The van der Waals surface area contributed by atoms with Crippen molar-refractivity contribution >= 4 is 16.9 Å². The second kappa shape index (κ2) is 7.25. The van der Waals surface area contributed by atoms with Crippen LogP contribution in [0.5, 0.6) is 0 Å². The van der Waals surface area contributed by atoms with Gasteiger partial charge in [-0.15, -0.1) is 0 Å². The van der Waals surface area contributed by atoms with Gasteiger partial charge >= 0.3 is 0 Å². The minimum Gasteiger partial charge on any atom is -0.378 e. The summed E-state index contributed by atoms with van der Waals surface area (Å²) in [5.74, 6) is -0.103. The van der Waals surface area contributed by atoms with E-state index in [2.05, 4.69) is 21.5 Å². The standard InChI is InChI=1S/C20H22N4O2/c1-21-20(25)15-5-7-17(8-6-15)24-19-16(13-23-24)11-14(12-22-19)9-10-26-18-3-2-4-18/h5-8,11-13,18H,2-4,9-10H2,1H3,(H,21,25). The molecule has 1 aliphatic rings. The van der Waals surface area contributed by atoms with Gasteiger partial charge in [-0.05, 0) is 61.6 Å². The highest BCUT2D eigenvalue weighted by atomic mass is 16.5. The molecule has 0 unspecified atom stereocenters. The predicted octanol–water partition coefficient (Wildman–Crippen LogP) is 2.89. The number of rotatable bonds is 6. The molecule has 1 saturated carbocycles. The van der Waals surface area contributed by atoms with Crippen molar-refractivity contribution in [2.45, 2.75) is 31.8 Å². The molecular formula is C20H22N4O2. The minimum absolute atomic E-state index is 0.103. The van der Waals surface area contributed by atoms with E-state index in [-0.39, 0.29) is 5.91 Å². The summed E-state index contributed by atoms with van der Waals surface area (Å²) in [5.41, 5.74) is 3.46. The third kappa shape index (κ3) is 3.32. The molecule has 1 aliphatic carbocycles. The van der Waals surface area contributed by atoms with Gasteiger partial charge in [-0.1, -0.05) is 0 Å². The Morgan fingerprint density at radius 1 is 1.27 bits per heavy atom. The smallest absolute Gasteiger partial charge is 0.251 e. The van der Waals surface area contributed by atoms with Crippen LogP contribution in [0.1, 0.15) is 35.2 Å². The fourth-order valence-electron chi connectivity index (χ4n) is 3.07. The number of aromatic nitrogens is 3. The van der Waals surface area contributed by atoms with Gasteiger partial charge in [0, 0.05) is 24.2 Å². The first-order valence-electron chi connectivity index (χ1n) is 9.01. The normalized spacial score (nSPS) is 14.3. The summed E-state index contributed by atoms with van der Waals surface area (Å²) in [6.45, 7) is 0.743. The average molecular weight is 350 g/mol. The zero-order valence-electron chi connectivity index (χ0n) is 14.8. The van der Waals surface area contributed by atoms with Gasteiger partial charge in [-0.3, -0.25) is 4.79 Å². The van der Waals surface area contributed by atoms with Gasteiger partial charge in [0.15, 0.2) is 5.65 Å². The lowest BCUT2D eigenvalue weighted by molar-refractivity contribution is 0.00412. The Bertz CT molecular complexity index is 913. The van der Waals surface area contributed by atoms with Crippen molar-refractivity contribution in [2.24, 2.45) is 0 Å². The molecule has 1 N–H and O–H groups in total. The van der Waals surface area contributed by atoms with E-state index in [0.717, 1.165) is 35.3 Å². The largest absolute Gasteiger partial charge is 0.378 e. The number of benzene rings is 1. The Kier molecular flexibility index (Phi) is 4.67. The molecule has 1 aromatic carbocycles. The van der Waals surface area contributed by atoms with Gasteiger partial charge in [-0.25, -0.2) is 9.67 Å². The number of amides is 1. The van der Waals surface area contributed by atoms with Crippen molar-refractivity contribution in [2.75, 3.05) is 13.7 Å². The number of ether oxygens (including phenoxy) is 1. The van der Waals surface area contributed by atoms with Crippen molar-refractivity contribution in [3.63, 3.8) is 0 Å². The van der Waals surface area contributed by atoms with Crippen molar-refractivity contribution in [1.82, 2.24) is 20.1 Å². The number of fused-ring (bicyclic) bond motifs is 1. The van der Waals surface area contributed by atoms with E-state index in [4.69, 9.17) is 4.74 Å². The van der Waals surface area contributed by atoms with Crippen LogP contribution in [-0.2, 0) is 11.2 Å². The SMILES string of the molecule is CNC(=O)c1ccc(-n2ncc3cc(CCOC4CCC4)cnc32)cc1. The van der Waals surface area contributed by atoms with Crippen LogP contribution in [0.3, 0.4) is 0 Å². The summed E-state index contributed by atoms with van der Waals surface area (Å²) in [6.07, 6.45) is 8.74. The second-order valence-electron chi connectivity index (χ2n) is 6.61. The van der Waals surface area contributed by atoms with Crippen molar-refractivity contribution in [3.05, 3.63) is 53.9 Å². The molecule has 1 amide bonds. The average Bonchev–Trinajstić information content (AvgIpc) is 3.06. The quantitative estimate of drug-likeness (QED) is 0.742. The minimum atomic E-state index is -0.103. The van der Waals surface area contributed by atoms with Crippen LogP contribution >= 0.6 is 0 Å². The van der Waals surface area contributed by atoms with E-state index >= 15 is 0 Å². The number of pyridine rings is 1. The summed E-state index contributed by atoms with van der Waals surface area (Å²) in [5, 5.41) is 8.07. The molecule has 6 heteroatoms. The zero-order chi connectivity index (χ0) is 17.9. The van der Waals surface area contributed by atoms with E-state index < -0.39 is 0 Å². The molecule has 0 spiro atoms. The van der Waals surface area contributed by atoms with E-state index in [1.165, 1.54) is 19.3 Å². The second-order valence-corrected chi connectivity index (χ2v) is 6.61. The molecule has 0 aliphatic heterocycles. The van der Waals surface area contributed by atoms with Crippen LogP contribution in [0.2, 0.25) is 0 Å². The number of carbonyl (C=O) groups is 1. The van der Waals surface area contributed by atoms with E-state index in [0.29, 0.717) is 11.7 Å². The maximum atomic E-state index is 11.7. The first kappa shape index (κ1) is 16.7. The van der Waals surface area contributed by atoms with Crippen molar-refractivity contribution < 1.29 is 9.53 Å². The zero-order valence-corrected chi connectivity index (χ0v) is 14.8. The summed E-state index contributed by atoms with van der Waals surface area (Å²) < 4.78 is 7.62. The highest BCUT2D eigenvalue weighted by Crippen LogP contribution is 2.22. The molecule has 1 fully saturated rings. The molecule has 0 atom stereocenters. The van der Waals surface area contributed by atoms with Gasteiger partial charge in [0.2, 0.25) is 0 Å². The lowest BCUT2D eigenvalue weighted by Crippen LogP contribution is -2.22. The fourth-order valence-corrected chi connectivity index (χ4v) is 3.07. The Labute approximate surface area is 152 Å². The number of hydrogen-bond acceptors (Lipinski definition) is 4. The van der Waals surface area contributed by atoms with Crippen molar-refractivity contribution in [3.8, 4) is 5.69 Å². The monoisotopic (exact) mass is 350 g/mol. The molecule has 6 nitrogen and oxygen atoms in total. The van der Waals surface area contributed by atoms with Crippen LogP contribution in [-0.4, -0.2) is 40.4 Å². The van der Waals surface area contributed by atoms with E-state index in [1.807, 2.05) is 24.5 Å². The predicted molar refractivity (Wildman–Crippen MR) is 99.6 cm³/mol. The first-order chi connectivity index (χ1) is 12.7. The number of nitrogens with one attached hydrogen (secondary N) is 1. The van der Waals surface area contributed by atoms with Gasteiger partial charge < -0.3 is 10.1 Å². The molecule has 2 aromatic heterocycles. The van der Waals surface area contributed by atoms with Gasteiger partial charge in [0.25, 0.3) is 5.91 Å². The summed E-state index contributed by atoms with van der Waals surface area (Å²) in [6, 6.07) is 9.44. The Balaban J connectivity index is 1.50. The lowest BCUT2D eigenvalue weighted by atomic mass is 9.96. The van der Waals surface area contributed by atoms with Gasteiger partial charge in [-0.2, -0.15) is 5.10 Å². The van der Waals surface area contributed by atoms with Crippen LogP contribution < -0.4 is 5.32 Å². The first-order valence-corrected chi connectivity index (χ1v) is 9.01. The molecule has 26 heavy (non-hydrogen) atoms. The Morgan fingerprint density at radius 3 is 2.77 bits per heavy atom. The van der Waals surface area contributed by atoms with E-state index in [1.54, 1.807) is 23.9 Å². The fraction of sp³-hybridized carbons (Fsp3) is 0.350. The molecule has 3 aromatic rings. The summed E-state index contributed by atoms with van der Waals surface area (Å²) in [7, 11) is 1.62. The molecule has 0 saturated heterocycles. The summed E-state index contributed by atoms with van der Waals surface area (Å²) in [4.78, 5) is 16.2. The van der Waals surface area contributed by atoms with Crippen LogP contribution in [0.25, 0.3) is 16.7 Å². The van der Waals surface area contributed by atoms with E-state index in [9.17, 15) is 4.79 Å². The van der Waals surface area contributed by atoms with Crippen LogP contribution in [0.4, 0.5) is 0 Å². The Morgan fingerprint density at radius 2 is 2.08 bits per heavy atom. The molecule has 0 bridgehead atoms. The molecule has 2 heterocycles. The highest BCUT2D eigenvalue weighted by molar-refractivity contribution is 5.94. The molecule has 0 radical (unpaired) electrons. The topological polar surface area (TPSA) is 69.0 Å². The number of hydrogen-bond donors (Lipinski definition) is 1.